The van der Waals surface area contributed by atoms with E-state index in [1.165, 1.54) is 10.9 Å². The first-order chi connectivity index (χ1) is 15.2. The zero-order valence-electron chi connectivity index (χ0n) is 18.4. The van der Waals surface area contributed by atoms with Crippen LogP contribution in [-0.2, 0) is 4.74 Å². The molecule has 4 heterocycles. The maximum Gasteiger partial charge on any atom is 0.191 e. The predicted octanol–water partition coefficient (Wildman–Crippen LogP) is 3.11. The molecule has 0 radical (unpaired) electrons. The zero-order valence-corrected chi connectivity index (χ0v) is 21.5. The lowest BCUT2D eigenvalue weighted by molar-refractivity contribution is 0.0186. The molecule has 0 amide bonds. The maximum atomic E-state index is 14.1. The molecule has 32 heavy (non-hydrogen) atoms. The third kappa shape index (κ3) is 6.52. The van der Waals surface area contributed by atoms with E-state index in [0.29, 0.717) is 18.9 Å². The van der Waals surface area contributed by atoms with Crippen molar-refractivity contribution in [2.24, 2.45) is 4.99 Å². The van der Waals surface area contributed by atoms with Crippen molar-refractivity contribution < 1.29 is 9.13 Å². The fourth-order valence-electron chi connectivity index (χ4n) is 4.13. The first-order valence-electron chi connectivity index (χ1n) is 11.0. The SMILES string of the molecule is CCNC(=NCC(c1cccs1)N1CCOCC1)NC1CCN(c2ncccc2F)C1.I. The average molecular weight is 575 g/mol. The third-order valence-electron chi connectivity index (χ3n) is 5.69. The second-order valence-corrected chi connectivity index (χ2v) is 8.76. The lowest BCUT2D eigenvalue weighted by atomic mass is 10.2. The maximum absolute atomic E-state index is 14.1. The molecular formula is C22H32FIN6OS. The molecule has 176 valence electrons. The molecule has 2 N–H and O–H groups in total. The monoisotopic (exact) mass is 574 g/mol. The molecular weight excluding hydrogens is 542 g/mol. The van der Waals surface area contributed by atoms with Crippen molar-refractivity contribution in [1.29, 1.82) is 0 Å². The van der Waals surface area contributed by atoms with Crippen molar-refractivity contribution in [2.45, 2.75) is 25.4 Å². The summed E-state index contributed by atoms with van der Waals surface area (Å²) >= 11 is 1.78. The van der Waals surface area contributed by atoms with Crippen molar-refractivity contribution in [1.82, 2.24) is 20.5 Å². The van der Waals surface area contributed by atoms with Crippen molar-refractivity contribution >= 4 is 47.1 Å². The van der Waals surface area contributed by atoms with E-state index >= 15 is 0 Å². The van der Waals surface area contributed by atoms with Gasteiger partial charge in [-0.2, -0.15) is 0 Å². The molecule has 4 rings (SSSR count). The highest BCUT2D eigenvalue weighted by molar-refractivity contribution is 14.0. The third-order valence-corrected chi connectivity index (χ3v) is 6.67. The lowest BCUT2D eigenvalue weighted by Gasteiger charge is -2.33. The number of hydrogen-bond donors (Lipinski definition) is 2. The Morgan fingerprint density at radius 3 is 2.88 bits per heavy atom. The van der Waals surface area contributed by atoms with Crippen molar-refractivity contribution in [3.63, 3.8) is 0 Å². The van der Waals surface area contributed by atoms with Gasteiger partial charge in [-0.05, 0) is 36.9 Å². The van der Waals surface area contributed by atoms with Crippen LogP contribution in [0.4, 0.5) is 10.2 Å². The number of guanidine groups is 1. The number of morpholine rings is 1. The molecule has 2 unspecified atom stereocenters. The quantitative estimate of drug-likeness (QED) is 0.301. The fourth-order valence-corrected chi connectivity index (χ4v) is 4.98. The summed E-state index contributed by atoms with van der Waals surface area (Å²) in [4.78, 5) is 14.9. The molecule has 10 heteroatoms. The van der Waals surface area contributed by atoms with Crippen LogP contribution in [0.25, 0.3) is 0 Å². The second kappa shape index (κ2) is 12.7. The van der Waals surface area contributed by atoms with E-state index in [1.54, 1.807) is 23.6 Å². The van der Waals surface area contributed by atoms with Gasteiger partial charge >= 0.3 is 0 Å². The number of ether oxygens (including phenoxy) is 1. The highest BCUT2D eigenvalue weighted by Crippen LogP contribution is 2.26. The smallest absolute Gasteiger partial charge is 0.191 e. The molecule has 0 saturated carbocycles. The Labute approximate surface area is 210 Å². The summed E-state index contributed by atoms with van der Waals surface area (Å²) in [5.74, 6) is 0.970. The fraction of sp³-hybridized carbons (Fsp3) is 0.545. The number of nitrogens with zero attached hydrogens (tertiary/aromatic N) is 4. The van der Waals surface area contributed by atoms with Crippen molar-refractivity contribution in [3.05, 3.63) is 46.5 Å². The number of rotatable bonds is 7. The molecule has 2 fully saturated rings. The highest BCUT2D eigenvalue weighted by Gasteiger charge is 2.27. The molecule has 2 aromatic heterocycles. The van der Waals surface area contributed by atoms with Gasteiger partial charge in [-0.1, -0.05) is 6.07 Å². The molecule has 2 aliphatic rings. The minimum Gasteiger partial charge on any atom is -0.379 e. The van der Waals surface area contributed by atoms with Gasteiger partial charge in [0.15, 0.2) is 17.6 Å². The average Bonchev–Trinajstić information content (AvgIpc) is 3.48. The van der Waals surface area contributed by atoms with Gasteiger partial charge in [0, 0.05) is 49.8 Å². The van der Waals surface area contributed by atoms with Crippen LogP contribution in [0.1, 0.15) is 24.3 Å². The number of hydrogen-bond acceptors (Lipinski definition) is 6. The van der Waals surface area contributed by atoms with Gasteiger partial charge in [-0.25, -0.2) is 9.37 Å². The summed E-state index contributed by atoms with van der Waals surface area (Å²) in [6.07, 6.45) is 2.55. The van der Waals surface area contributed by atoms with Crippen LogP contribution < -0.4 is 15.5 Å². The summed E-state index contributed by atoms with van der Waals surface area (Å²) in [6.45, 7) is 8.41. The van der Waals surface area contributed by atoms with Gasteiger partial charge in [-0.3, -0.25) is 9.89 Å². The Balaban J connectivity index is 0.00000289. The number of aromatic nitrogens is 1. The molecule has 2 atom stereocenters. The Morgan fingerprint density at radius 2 is 2.16 bits per heavy atom. The summed E-state index contributed by atoms with van der Waals surface area (Å²) in [5, 5.41) is 9.04. The van der Waals surface area contributed by atoms with E-state index in [4.69, 9.17) is 9.73 Å². The van der Waals surface area contributed by atoms with Crippen LogP contribution >= 0.6 is 35.3 Å². The number of anilines is 1. The highest BCUT2D eigenvalue weighted by atomic mass is 127. The normalized spacial score (nSPS) is 20.6. The Bertz CT molecular complexity index is 849. The minimum atomic E-state index is -0.270. The van der Waals surface area contributed by atoms with E-state index in [9.17, 15) is 4.39 Å². The summed E-state index contributed by atoms with van der Waals surface area (Å²) in [5.41, 5.74) is 0. The van der Waals surface area contributed by atoms with Crippen LogP contribution in [0.5, 0.6) is 0 Å². The molecule has 2 aliphatic heterocycles. The van der Waals surface area contributed by atoms with Gasteiger partial charge < -0.3 is 20.3 Å². The molecule has 7 nitrogen and oxygen atoms in total. The molecule has 0 spiro atoms. The van der Waals surface area contributed by atoms with E-state index in [0.717, 1.165) is 51.8 Å². The first-order valence-corrected chi connectivity index (χ1v) is 11.9. The number of pyridine rings is 1. The van der Waals surface area contributed by atoms with E-state index in [-0.39, 0.29) is 41.9 Å². The van der Waals surface area contributed by atoms with Crippen LogP contribution in [0, 0.1) is 5.82 Å². The Kier molecular flexibility index (Phi) is 9.94. The van der Waals surface area contributed by atoms with E-state index < -0.39 is 0 Å². The van der Waals surface area contributed by atoms with Crippen molar-refractivity contribution in [2.75, 3.05) is 57.4 Å². The second-order valence-electron chi connectivity index (χ2n) is 7.78. The summed E-state index contributed by atoms with van der Waals surface area (Å²) in [7, 11) is 0. The van der Waals surface area contributed by atoms with Crippen LogP contribution in [0.3, 0.4) is 0 Å². The predicted molar refractivity (Wildman–Crippen MR) is 139 cm³/mol. The molecule has 2 aromatic rings. The van der Waals surface area contributed by atoms with Gasteiger partial charge in [-0.15, -0.1) is 35.3 Å². The zero-order chi connectivity index (χ0) is 21.5. The van der Waals surface area contributed by atoms with Gasteiger partial charge in [0.2, 0.25) is 0 Å². The Morgan fingerprint density at radius 1 is 1.31 bits per heavy atom. The topological polar surface area (TPSA) is 65.0 Å². The number of aliphatic imine (C=N–C) groups is 1. The first kappa shape index (κ1) is 25.1. The lowest BCUT2D eigenvalue weighted by Crippen LogP contribution is -2.45. The Hall–Kier alpha value is -1.50. The molecule has 0 aliphatic carbocycles. The summed E-state index contributed by atoms with van der Waals surface area (Å²) < 4.78 is 19.6. The molecule has 0 bridgehead atoms. The molecule has 2 saturated heterocycles. The van der Waals surface area contributed by atoms with Gasteiger partial charge in [0.25, 0.3) is 0 Å². The minimum absolute atomic E-state index is 0. The standard InChI is InChI=1S/C22H31FN6OS.HI/c1-2-24-22(27-17-7-9-29(16-17)21-18(23)5-3-8-25-21)26-15-19(20-6-4-14-31-20)28-10-12-30-13-11-28;/h3-6,8,14,17,19H,2,7,9-13,15-16H2,1H3,(H2,24,26,27);1H. The van der Waals surface area contributed by atoms with Gasteiger partial charge in [0.1, 0.15) is 0 Å². The number of halogens is 2. The van der Waals surface area contributed by atoms with Crippen LogP contribution in [0.2, 0.25) is 0 Å². The van der Waals surface area contributed by atoms with Crippen molar-refractivity contribution in [3.8, 4) is 0 Å². The number of thiophene rings is 1. The number of nitrogens with one attached hydrogen (secondary N) is 2. The molecule has 0 aromatic carbocycles. The summed E-state index contributed by atoms with van der Waals surface area (Å²) in [6, 6.07) is 7.83. The van der Waals surface area contributed by atoms with Crippen LogP contribution in [0.15, 0.2) is 40.8 Å². The van der Waals surface area contributed by atoms with Gasteiger partial charge in [0.05, 0.1) is 25.8 Å². The van der Waals surface area contributed by atoms with E-state index in [2.05, 4.69) is 45.0 Å². The van der Waals surface area contributed by atoms with Crippen LogP contribution in [-0.4, -0.2) is 74.4 Å². The largest absolute Gasteiger partial charge is 0.379 e. The van der Waals surface area contributed by atoms with E-state index in [1.807, 2.05) is 4.90 Å².